The third kappa shape index (κ3) is 5.42. The topological polar surface area (TPSA) is 139 Å². The molecule has 0 aliphatic rings. The Bertz CT molecular complexity index is 1210. The van der Waals surface area contributed by atoms with Crippen LogP contribution in [0.1, 0.15) is 30.7 Å². The number of rotatable bonds is 8. The lowest BCUT2D eigenvalue weighted by Crippen LogP contribution is -2.34. The fraction of sp³-hybridized carbons (Fsp3) is 0.286. The predicted octanol–water partition coefficient (Wildman–Crippen LogP) is 1.15. The Labute approximate surface area is 177 Å². The molecule has 1 aromatic carbocycles. The number of hydrogen-bond acceptors (Lipinski definition) is 7. The van der Waals surface area contributed by atoms with Crippen molar-refractivity contribution < 1.29 is 9.84 Å². The van der Waals surface area contributed by atoms with Crippen molar-refractivity contribution in [3.63, 3.8) is 0 Å². The maximum absolute atomic E-state index is 12.1. The summed E-state index contributed by atoms with van der Waals surface area (Å²) in [6, 6.07) is 8.91. The van der Waals surface area contributed by atoms with Crippen molar-refractivity contribution in [2.24, 2.45) is 5.92 Å². The molecule has 0 radical (unpaired) electrons. The van der Waals surface area contributed by atoms with Gasteiger partial charge in [-0.3, -0.25) is 14.3 Å². The number of nitriles is 1. The van der Waals surface area contributed by atoms with Crippen molar-refractivity contribution in [3.8, 4) is 11.8 Å². The standard InChI is InChI=1S/C21H22N6O4/c1-14(2)19(12-28)31-13-26-10-16(20(29)23-21(26)30)5-6-17-11-27(25-24-17)18-7-3-15(9-22)4-8-18/h3-8,10-11,14,19,28H,12-13H2,1-2H3,(H,23,29,30)/b6-5+/t19-/m1/s1. The first kappa shape index (κ1) is 21.9. The first-order valence-corrected chi connectivity index (χ1v) is 9.58. The van der Waals surface area contributed by atoms with Crippen LogP contribution >= 0.6 is 0 Å². The number of nitrogens with one attached hydrogen (secondary N) is 1. The summed E-state index contributed by atoms with van der Waals surface area (Å²) in [5.41, 5.74) is 0.868. The molecule has 0 saturated carbocycles. The highest BCUT2D eigenvalue weighted by atomic mass is 16.5. The lowest BCUT2D eigenvalue weighted by atomic mass is 10.1. The van der Waals surface area contributed by atoms with Gasteiger partial charge in [0.2, 0.25) is 0 Å². The molecule has 0 spiro atoms. The van der Waals surface area contributed by atoms with Gasteiger partial charge in [0.25, 0.3) is 5.56 Å². The average molecular weight is 422 g/mol. The lowest BCUT2D eigenvalue weighted by molar-refractivity contribution is -0.0488. The second-order valence-corrected chi connectivity index (χ2v) is 7.15. The maximum atomic E-state index is 12.1. The minimum atomic E-state index is -0.602. The zero-order valence-corrected chi connectivity index (χ0v) is 17.1. The molecule has 10 heteroatoms. The molecule has 2 N–H and O–H groups in total. The Morgan fingerprint density at radius 2 is 1.97 bits per heavy atom. The number of hydrogen-bond donors (Lipinski definition) is 2. The van der Waals surface area contributed by atoms with E-state index in [0.29, 0.717) is 11.3 Å². The monoisotopic (exact) mass is 422 g/mol. The molecule has 1 atom stereocenters. The van der Waals surface area contributed by atoms with E-state index in [-0.39, 0.29) is 24.8 Å². The van der Waals surface area contributed by atoms with Gasteiger partial charge in [0.05, 0.1) is 41.8 Å². The van der Waals surface area contributed by atoms with Crippen LogP contribution in [0, 0.1) is 17.2 Å². The molecule has 0 fully saturated rings. The molecule has 160 valence electrons. The number of aliphatic hydroxyl groups is 1. The van der Waals surface area contributed by atoms with Crippen LogP contribution in [0.4, 0.5) is 0 Å². The van der Waals surface area contributed by atoms with Crippen LogP contribution in [0.3, 0.4) is 0 Å². The molecule has 3 aromatic rings. The zero-order chi connectivity index (χ0) is 22.4. The fourth-order valence-corrected chi connectivity index (χ4v) is 2.72. The number of aliphatic hydroxyl groups excluding tert-OH is 1. The molecule has 2 heterocycles. The normalized spacial score (nSPS) is 12.4. The first-order valence-electron chi connectivity index (χ1n) is 9.58. The number of aromatic nitrogens is 5. The Kier molecular flexibility index (Phi) is 6.92. The summed E-state index contributed by atoms with van der Waals surface area (Å²) in [5, 5.41) is 26.3. The van der Waals surface area contributed by atoms with Gasteiger partial charge in [-0.15, -0.1) is 5.10 Å². The van der Waals surface area contributed by atoms with Gasteiger partial charge in [0, 0.05) is 6.20 Å². The summed E-state index contributed by atoms with van der Waals surface area (Å²) in [5.74, 6) is 0.0709. The first-order chi connectivity index (χ1) is 14.9. The minimum absolute atomic E-state index is 0.0709. The number of aromatic amines is 1. The Morgan fingerprint density at radius 1 is 1.23 bits per heavy atom. The summed E-state index contributed by atoms with van der Waals surface area (Å²) < 4.78 is 8.33. The summed E-state index contributed by atoms with van der Waals surface area (Å²) in [7, 11) is 0. The second-order valence-electron chi connectivity index (χ2n) is 7.15. The van der Waals surface area contributed by atoms with Gasteiger partial charge in [0.1, 0.15) is 12.4 Å². The van der Waals surface area contributed by atoms with Crippen molar-refractivity contribution in [2.45, 2.75) is 26.7 Å². The smallest absolute Gasteiger partial charge is 0.330 e. The highest BCUT2D eigenvalue weighted by Crippen LogP contribution is 2.10. The van der Waals surface area contributed by atoms with Gasteiger partial charge >= 0.3 is 5.69 Å². The quantitative estimate of drug-likeness (QED) is 0.555. The molecule has 0 unspecified atom stereocenters. The highest BCUT2D eigenvalue weighted by molar-refractivity contribution is 5.66. The van der Waals surface area contributed by atoms with Gasteiger partial charge < -0.3 is 9.84 Å². The molecule has 2 aromatic heterocycles. The van der Waals surface area contributed by atoms with Crippen LogP contribution in [0.2, 0.25) is 0 Å². The molecular weight excluding hydrogens is 400 g/mol. The van der Waals surface area contributed by atoms with E-state index in [2.05, 4.69) is 21.4 Å². The zero-order valence-electron chi connectivity index (χ0n) is 17.1. The minimum Gasteiger partial charge on any atom is -0.394 e. The van der Waals surface area contributed by atoms with Crippen LogP contribution in [0.25, 0.3) is 17.8 Å². The van der Waals surface area contributed by atoms with E-state index in [0.717, 1.165) is 5.69 Å². The van der Waals surface area contributed by atoms with Gasteiger partial charge in [0.15, 0.2) is 0 Å². The third-order valence-electron chi connectivity index (χ3n) is 4.60. The predicted molar refractivity (Wildman–Crippen MR) is 113 cm³/mol. The van der Waals surface area contributed by atoms with Crippen LogP contribution < -0.4 is 11.2 Å². The second kappa shape index (κ2) is 9.80. The Morgan fingerprint density at radius 3 is 2.61 bits per heavy atom. The van der Waals surface area contributed by atoms with Crippen LogP contribution in [0.15, 0.2) is 46.2 Å². The van der Waals surface area contributed by atoms with E-state index in [1.807, 2.05) is 13.8 Å². The van der Waals surface area contributed by atoms with Crippen molar-refractivity contribution in [1.29, 1.82) is 5.26 Å². The summed E-state index contributed by atoms with van der Waals surface area (Å²) in [6.07, 6.45) is 5.75. The van der Waals surface area contributed by atoms with E-state index >= 15 is 0 Å². The van der Waals surface area contributed by atoms with Gasteiger partial charge in [-0.1, -0.05) is 19.1 Å². The van der Waals surface area contributed by atoms with E-state index in [4.69, 9.17) is 10.00 Å². The van der Waals surface area contributed by atoms with E-state index in [1.54, 1.807) is 41.2 Å². The molecular formula is C21H22N6O4. The highest BCUT2D eigenvalue weighted by Gasteiger charge is 2.13. The molecule has 0 amide bonds. The number of H-pyrrole nitrogens is 1. The lowest BCUT2D eigenvalue weighted by Gasteiger charge is -2.19. The summed E-state index contributed by atoms with van der Waals surface area (Å²) in [6.45, 7) is 3.53. The summed E-state index contributed by atoms with van der Waals surface area (Å²) >= 11 is 0. The van der Waals surface area contributed by atoms with Crippen molar-refractivity contribution in [3.05, 3.63) is 74.3 Å². The molecule has 0 aliphatic carbocycles. The molecule has 0 bridgehead atoms. The third-order valence-corrected chi connectivity index (χ3v) is 4.60. The molecule has 31 heavy (non-hydrogen) atoms. The average Bonchev–Trinajstić information content (AvgIpc) is 3.23. The maximum Gasteiger partial charge on any atom is 0.330 e. The molecule has 0 saturated heterocycles. The molecule has 0 aliphatic heterocycles. The van der Waals surface area contributed by atoms with Crippen molar-refractivity contribution in [1.82, 2.24) is 24.5 Å². The summed E-state index contributed by atoms with van der Waals surface area (Å²) in [4.78, 5) is 26.4. The van der Waals surface area contributed by atoms with E-state index < -0.39 is 17.4 Å². The van der Waals surface area contributed by atoms with E-state index in [9.17, 15) is 14.7 Å². The molecule has 3 rings (SSSR count). The van der Waals surface area contributed by atoms with Gasteiger partial charge in [-0.25, -0.2) is 9.48 Å². The van der Waals surface area contributed by atoms with Crippen LogP contribution in [-0.4, -0.2) is 42.4 Å². The van der Waals surface area contributed by atoms with Crippen LogP contribution in [0.5, 0.6) is 0 Å². The molecule has 10 nitrogen and oxygen atoms in total. The fourth-order valence-electron chi connectivity index (χ4n) is 2.72. The van der Waals surface area contributed by atoms with Gasteiger partial charge in [-0.05, 0) is 42.3 Å². The van der Waals surface area contributed by atoms with E-state index in [1.165, 1.54) is 16.8 Å². The Hall–Kier alpha value is -3.81. The van der Waals surface area contributed by atoms with Crippen molar-refractivity contribution >= 4 is 12.2 Å². The number of benzene rings is 1. The number of nitrogens with zero attached hydrogens (tertiary/aromatic N) is 5. The SMILES string of the molecule is CC(C)[C@@H](CO)OCn1cc(/C=C/c2cn(-c3ccc(C#N)cc3)nn2)c(=O)[nH]c1=O. The number of ether oxygens (including phenoxy) is 1. The van der Waals surface area contributed by atoms with Crippen LogP contribution in [-0.2, 0) is 11.5 Å². The van der Waals surface area contributed by atoms with Gasteiger partial charge in [-0.2, -0.15) is 5.26 Å². The largest absolute Gasteiger partial charge is 0.394 e. The van der Waals surface area contributed by atoms with Crippen molar-refractivity contribution in [2.75, 3.05) is 6.61 Å². The Balaban J connectivity index is 1.77.